The van der Waals surface area contributed by atoms with Gasteiger partial charge in [0, 0.05) is 7.05 Å². The molecule has 0 unspecified atom stereocenters. The predicted molar refractivity (Wildman–Crippen MR) is 80.1 cm³/mol. The van der Waals surface area contributed by atoms with E-state index in [9.17, 15) is 13.5 Å². The fraction of sp³-hybridized carbons (Fsp3) is 0.286. The molecule has 0 radical (unpaired) electrons. The van der Waals surface area contributed by atoms with E-state index < -0.39 is 22.2 Å². The van der Waals surface area contributed by atoms with Gasteiger partial charge in [-0.1, -0.05) is 36.4 Å². The number of hydrogen-bond donors (Lipinski definition) is 1. The molecule has 20 heavy (non-hydrogen) atoms. The Labute approximate surface area is 123 Å². The van der Waals surface area contributed by atoms with Gasteiger partial charge in [-0.2, -0.15) is 4.31 Å². The van der Waals surface area contributed by atoms with Gasteiger partial charge in [0.2, 0.25) is 0 Å². The molecule has 108 valence electrons. The Kier molecular flexibility index (Phi) is 4.59. The maximum absolute atomic E-state index is 12.4. The summed E-state index contributed by atoms with van der Waals surface area (Å²) in [4.78, 5) is 0. The van der Waals surface area contributed by atoms with Gasteiger partial charge >= 0.3 is 0 Å². The van der Waals surface area contributed by atoms with E-state index in [1.54, 1.807) is 36.6 Å². The smallest absolute Gasteiger partial charge is 0.252 e. The minimum atomic E-state index is -3.56. The molecule has 1 aromatic carbocycles. The summed E-state index contributed by atoms with van der Waals surface area (Å²) in [5, 5.41) is 12.0. The molecule has 0 amide bonds. The Hall–Kier alpha value is -1.21. The lowest BCUT2D eigenvalue weighted by molar-refractivity contribution is 0.108. The van der Waals surface area contributed by atoms with E-state index in [2.05, 4.69) is 0 Å². The van der Waals surface area contributed by atoms with Crippen molar-refractivity contribution in [3.05, 3.63) is 53.4 Å². The Morgan fingerprint density at radius 3 is 2.35 bits per heavy atom. The zero-order valence-corrected chi connectivity index (χ0v) is 12.9. The maximum atomic E-state index is 12.4. The average molecular weight is 311 g/mol. The summed E-state index contributed by atoms with van der Waals surface area (Å²) < 4.78 is 26.3. The van der Waals surface area contributed by atoms with Gasteiger partial charge in [0.05, 0.1) is 12.1 Å². The van der Waals surface area contributed by atoms with E-state index in [4.69, 9.17) is 0 Å². The van der Waals surface area contributed by atoms with Crippen LogP contribution in [-0.2, 0) is 10.0 Å². The molecule has 2 aromatic rings. The van der Waals surface area contributed by atoms with Crippen molar-refractivity contribution in [1.82, 2.24) is 4.31 Å². The fourth-order valence-corrected chi connectivity index (χ4v) is 4.44. The number of hydrogen-bond acceptors (Lipinski definition) is 4. The Balaban J connectivity index is 2.23. The quantitative estimate of drug-likeness (QED) is 0.923. The lowest BCUT2D eigenvalue weighted by Crippen LogP contribution is -2.38. The molecule has 2 atom stereocenters. The molecule has 4 nitrogen and oxygen atoms in total. The van der Waals surface area contributed by atoms with Crippen LogP contribution in [0.2, 0.25) is 0 Å². The van der Waals surface area contributed by atoms with Gasteiger partial charge in [-0.25, -0.2) is 8.42 Å². The Morgan fingerprint density at radius 2 is 1.80 bits per heavy atom. The molecule has 0 aliphatic heterocycles. The van der Waals surface area contributed by atoms with Crippen LogP contribution >= 0.6 is 11.3 Å². The molecule has 0 saturated heterocycles. The van der Waals surface area contributed by atoms with Crippen LogP contribution in [-0.4, -0.2) is 30.9 Å². The Morgan fingerprint density at radius 1 is 1.15 bits per heavy atom. The third kappa shape index (κ3) is 2.93. The molecular weight excluding hydrogens is 294 g/mol. The summed E-state index contributed by atoms with van der Waals surface area (Å²) >= 11 is 1.17. The van der Waals surface area contributed by atoms with E-state index >= 15 is 0 Å². The topological polar surface area (TPSA) is 57.6 Å². The highest BCUT2D eigenvalue weighted by molar-refractivity contribution is 7.91. The molecule has 0 aliphatic rings. The average Bonchev–Trinajstić information content (AvgIpc) is 3.00. The summed E-state index contributed by atoms with van der Waals surface area (Å²) in [5.41, 5.74) is 0.702. The van der Waals surface area contributed by atoms with Crippen LogP contribution in [0.1, 0.15) is 18.6 Å². The number of rotatable bonds is 5. The summed E-state index contributed by atoms with van der Waals surface area (Å²) in [6.45, 7) is 1.70. The van der Waals surface area contributed by atoms with Crippen molar-refractivity contribution in [1.29, 1.82) is 0 Å². The van der Waals surface area contributed by atoms with Crippen molar-refractivity contribution in [3.63, 3.8) is 0 Å². The van der Waals surface area contributed by atoms with E-state index in [0.29, 0.717) is 5.56 Å². The van der Waals surface area contributed by atoms with E-state index in [1.807, 2.05) is 18.2 Å². The van der Waals surface area contributed by atoms with Crippen LogP contribution in [0.15, 0.2) is 52.1 Å². The van der Waals surface area contributed by atoms with Crippen LogP contribution in [0.25, 0.3) is 0 Å². The first-order chi connectivity index (χ1) is 9.44. The molecule has 0 fully saturated rings. The first-order valence-electron chi connectivity index (χ1n) is 6.19. The summed E-state index contributed by atoms with van der Waals surface area (Å²) in [7, 11) is -2.06. The largest absolute Gasteiger partial charge is 0.387 e. The van der Waals surface area contributed by atoms with Crippen LogP contribution < -0.4 is 0 Å². The molecule has 0 saturated carbocycles. The number of aliphatic hydroxyl groups is 1. The highest BCUT2D eigenvalue weighted by Crippen LogP contribution is 2.26. The molecule has 0 aliphatic carbocycles. The molecule has 6 heteroatoms. The first kappa shape index (κ1) is 15.2. The zero-order chi connectivity index (χ0) is 14.8. The number of aliphatic hydroxyl groups excluding tert-OH is 1. The van der Waals surface area contributed by atoms with Crippen LogP contribution in [0.3, 0.4) is 0 Å². The maximum Gasteiger partial charge on any atom is 0.252 e. The van der Waals surface area contributed by atoms with Gasteiger partial charge < -0.3 is 5.11 Å². The van der Waals surface area contributed by atoms with Crippen LogP contribution in [0.5, 0.6) is 0 Å². The van der Waals surface area contributed by atoms with Crippen molar-refractivity contribution < 1.29 is 13.5 Å². The summed E-state index contributed by atoms with van der Waals surface area (Å²) in [6.07, 6.45) is -0.865. The summed E-state index contributed by atoms with van der Waals surface area (Å²) in [5.74, 6) is 0. The van der Waals surface area contributed by atoms with Crippen molar-refractivity contribution >= 4 is 21.4 Å². The third-order valence-corrected chi connectivity index (χ3v) is 6.62. The monoisotopic (exact) mass is 311 g/mol. The van der Waals surface area contributed by atoms with Crippen molar-refractivity contribution in [2.75, 3.05) is 7.05 Å². The number of benzene rings is 1. The van der Waals surface area contributed by atoms with Gasteiger partial charge in [-0.3, -0.25) is 0 Å². The van der Waals surface area contributed by atoms with Crippen molar-refractivity contribution in [2.45, 2.75) is 23.3 Å². The predicted octanol–water partition coefficient (Wildman–Crippen LogP) is 2.49. The van der Waals surface area contributed by atoms with Gasteiger partial charge in [0.15, 0.2) is 0 Å². The van der Waals surface area contributed by atoms with Gasteiger partial charge in [0.1, 0.15) is 4.21 Å². The van der Waals surface area contributed by atoms with E-state index in [0.717, 1.165) is 0 Å². The van der Waals surface area contributed by atoms with Crippen molar-refractivity contribution in [3.8, 4) is 0 Å². The highest BCUT2D eigenvalue weighted by atomic mass is 32.2. The minimum absolute atomic E-state index is 0.284. The number of sulfonamides is 1. The fourth-order valence-electron chi connectivity index (χ4n) is 1.90. The van der Waals surface area contributed by atoms with Crippen molar-refractivity contribution in [2.24, 2.45) is 0 Å². The molecule has 0 bridgehead atoms. The van der Waals surface area contributed by atoms with Gasteiger partial charge in [-0.05, 0) is 23.9 Å². The summed E-state index contributed by atoms with van der Waals surface area (Å²) in [6, 6.07) is 11.8. The number of thiophene rings is 1. The van der Waals surface area contributed by atoms with Crippen LogP contribution in [0.4, 0.5) is 0 Å². The zero-order valence-electron chi connectivity index (χ0n) is 11.3. The first-order valence-corrected chi connectivity index (χ1v) is 8.51. The molecule has 1 aromatic heterocycles. The van der Waals surface area contributed by atoms with E-state index in [-0.39, 0.29) is 4.21 Å². The molecular formula is C14H17NO3S2. The second-order valence-electron chi connectivity index (χ2n) is 4.55. The highest BCUT2D eigenvalue weighted by Gasteiger charge is 2.30. The van der Waals surface area contributed by atoms with Gasteiger partial charge in [0.25, 0.3) is 10.0 Å². The normalized spacial score (nSPS) is 15.2. The SMILES string of the molecule is C[C@@H]([C@@H](O)c1ccccc1)N(C)S(=O)(=O)c1cccs1. The lowest BCUT2D eigenvalue weighted by atomic mass is 10.0. The minimum Gasteiger partial charge on any atom is -0.387 e. The second-order valence-corrected chi connectivity index (χ2v) is 7.72. The molecule has 1 N–H and O–H groups in total. The Bertz CT molecular complexity index is 638. The standard InChI is InChI=1S/C14H17NO3S2/c1-11(14(16)12-7-4-3-5-8-12)15(2)20(17,18)13-9-6-10-19-13/h3-11,14,16H,1-2H3/t11-,14+/m0/s1. The third-order valence-electron chi connectivity index (χ3n) is 3.30. The number of nitrogens with zero attached hydrogens (tertiary/aromatic N) is 1. The molecule has 2 rings (SSSR count). The molecule has 1 heterocycles. The van der Waals surface area contributed by atoms with Gasteiger partial charge in [-0.15, -0.1) is 11.3 Å². The lowest BCUT2D eigenvalue weighted by Gasteiger charge is -2.28. The van der Waals surface area contributed by atoms with Crippen LogP contribution in [0, 0.1) is 0 Å². The number of likely N-dealkylation sites (N-methyl/N-ethyl adjacent to an activating group) is 1. The molecule has 0 spiro atoms. The van der Waals surface area contributed by atoms with E-state index in [1.165, 1.54) is 22.7 Å². The second kappa shape index (κ2) is 6.05.